The monoisotopic (exact) mass is 272 g/mol. The van der Waals surface area contributed by atoms with Crippen molar-refractivity contribution in [3.63, 3.8) is 0 Å². The zero-order chi connectivity index (χ0) is 14.5. The van der Waals surface area contributed by atoms with Crippen molar-refractivity contribution < 1.29 is 9.53 Å². The van der Waals surface area contributed by atoms with Crippen molar-refractivity contribution in [2.45, 2.75) is 26.4 Å². The number of aromatic nitrogens is 1. The topological polar surface area (TPSA) is 51.2 Å². The van der Waals surface area contributed by atoms with Crippen LogP contribution in [-0.4, -0.2) is 24.1 Å². The number of ether oxygens (including phenoxy) is 1. The molecule has 0 aliphatic rings. The fraction of sp³-hybridized carbons (Fsp3) is 0.375. The second kappa shape index (κ2) is 6.48. The number of carbonyl (C=O) groups excluding carboxylic acids is 1. The molecule has 1 unspecified atom stereocenters. The fourth-order valence-electron chi connectivity index (χ4n) is 2.26. The Morgan fingerprint density at radius 1 is 1.30 bits per heavy atom. The molecule has 0 aliphatic heterocycles. The van der Waals surface area contributed by atoms with Crippen LogP contribution in [0.25, 0.3) is 10.8 Å². The molecule has 2 aromatic rings. The zero-order valence-electron chi connectivity index (χ0n) is 12.1. The van der Waals surface area contributed by atoms with Gasteiger partial charge < -0.3 is 4.74 Å². The van der Waals surface area contributed by atoms with Crippen LogP contribution in [0.2, 0.25) is 0 Å². The third-order valence-electron chi connectivity index (χ3n) is 3.38. The molecule has 4 heteroatoms. The van der Waals surface area contributed by atoms with Crippen molar-refractivity contribution in [1.82, 2.24) is 10.3 Å². The summed E-state index contributed by atoms with van der Waals surface area (Å²) in [7, 11) is 1.42. The van der Waals surface area contributed by atoms with E-state index in [4.69, 9.17) is 4.74 Å². The molecule has 1 aromatic heterocycles. The first-order valence-corrected chi connectivity index (χ1v) is 6.76. The Balaban J connectivity index is 2.18. The molecule has 1 heterocycles. The number of esters is 1. The SMILES string of the molecule is COC(=O)C(NCc1cncc2ccccc12)C(C)C. The van der Waals surface area contributed by atoms with Crippen LogP contribution in [0.3, 0.4) is 0 Å². The van der Waals surface area contributed by atoms with E-state index in [9.17, 15) is 4.79 Å². The number of nitrogens with one attached hydrogen (secondary N) is 1. The molecule has 0 saturated carbocycles. The number of rotatable bonds is 5. The molecular weight excluding hydrogens is 252 g/mol. The van der Waals surface area contributed by atoms with Crippen LogP contribution in [0.15, 0.2) is 36.7 Å². The van der Waals surface area contributed by atoms with Gasteiger partial charge in [0.15, 0.2) is 0 Å². The number of fused-ring (bicyclic) bond motifs is 1. The summed E-state index contributed by atoms with van der Waals surface area (Å²) in [6.45, 7) is 4.58. The lowest BCUT2D eigenvalue weighted by molar-refractivity contribution is -0.144. The van der Waals surface area contributed by atoms with E-state index >= 15 is 0 Å². The van der Waals surface area contributed by atoms with Crippen molar-refractivity contribution in [1.29, 1.82) is 0 Å². The Labute approximate surface area is 119 Å². The Bertz CT molecular complexity index is 591. The molecular formula is C16H20N2O2. The standard InChI is InChI=1S/C16H20N2O2/c1-11(2)15(16(19)20-3)18-10-13-9-17-8-12-6-4-5-7-14(12)13/h4-9,11,15,18H,10H2,1-3H3. The van der Waals surface area contributed by atoms with Gasteiger partial charge in [0, 0.05) is 24.3 Å². The van der Waals surface area contributed by atoms with E-state index < -0.39 is 0 Å². The molecule has 1 N–H and O–H groups in total. The first-order chi connectivity index (χ1) is 9.63. The summed E-state index contributed by atoms with van der Waals surface area (Å²) in [5.41, 5.74) is 1.08. The second-order valence-electron chi connectivity index (χ2n) is 5.15. The van der Waals surface area contributed by atoms with Gasteiger partial charge in [0.25, 0.3) is 0 Å². The molecule has 0 aliphatic carbocycles. The Hall–Kier alpha value is -1.94. The van der Waals surface area contributed by atoms with Gasteiger partial charge in [-0.15, -0.1) is 0 Å². The molecule has 2 rings (SSSR count). The van der Waals surface area contributed by atoms with Gasteiger partial charge in [-0.1, -0.05) is 38.1 Å². The first kappa shape index (κ1) is 14.5. The smallest absolute Gasteiger partial charge is 0.323 e. The average molecular weight is 272 g/mol. The summed E-state index contributed by atoms with van der Waals surface area (Å²) >= 11 is 0. The van der Waals surface area contributed by atoms with Crippen LogP contribution in [0.5, 0.6) is 0 Å². The largest absolute Gasteiger partial charge is 0.468 e. The summed E-state index contributed by atoms with van der Waals surface area (Å²) in [6.07, 6.45) is 3.68. The van der Waals surface area contributed by atoms with E-state index in [0.717, 1.165) is 16.3 Å². The highest BCUT2D eigenvalue weighted by Gasteiger charge is 2.22. The van der Waals surface area contributed by atoms with Crippen LogP contribution in [0.1, 0.15) is 19.4 Å². The van der Waals surface area contributed by atoms with Crippen molar-refractivity contribution in [2.75, 3.05) is 7.11 Å². The number of hydrogen-bond donors (Lipinski definition) is 1. The maximum Gasteiger partial charge on any atom is 0.323 e. The normalized spacial score (nSPS) is 12.6. The maximum absolute atomic E-state index is 11.7. The minimum absolute atomic E-state index is 0.172. The number of nitrogens with zero attached hydrogens (tertiary/aromatic N) is 1. The van der Waals surface area contributed by atoms with E-state index in [0.29, 0.717) is 6.54 Å². The lowest BCUT2D eigenvalue weighted by Gasteiger charge is -2.20. The van der Waals surface area contributed by atoms with Crippen molar-refractivity contribution in [3.8, 4) is 0 Å². The summed E-state index contributed by atoms with van der Waals surface area (Å²) in [6, 6.07) is 7.79. The zero-order valence-corrected chi connectivity index (χ0v) is 12.1. The maximum atomic E-state index is 11.7. The van der Waals surface area contributed by atoms with Crippen LogP contribution in [-0.2, 0) is 16.1 Å². The fourth-order valence-corrected chi connectivity index (χ4v) is 2.26. The molecule has 0 radical (unpaired) electrons. The predicted octanol–water partition coefficient (Wildman–Crippen LogP) is 2.52. The van der Waals surface area contributed by atoms with Gasteiger partial charge in [-0.2, -0.15) is 0 Å². The van der Waals surface area contributed by atoms with Crippen molar-refractivity contribution >= 4 is 16.7 Å². The van der Waals surface area contributed by atoms with E-state index in [2.05, 4.69) is 16.4 Å². The van der Waals surface area contributed by atoms with E-state index in [1.54, 1.807) is 0 Å². The average Bonchev–Trinajstić information content (AvgIpc) is 2.47. The molecule has 20 heavy (non-hydrogen) atoms. The number of benzene rings is 1. The number of methoxy groups -OCH3 is 1. The summed E-state index contributed by atoms with van der Waals surface area (Å²) in [4.78, 5) is 16.0. The Morgan fingerprint density at radius 2 is 2.05 bits per heavy atom. The van der Waals surface area contributed by atoms with Gasteiger partial charge in [0.05, 0.1) is 7.11 Å². The van der Waals surface area contributed by atoms with Gasteiger partial charge in [-0.3, -0.25) is 15.1 Å². The minimum atomic E-state index is -0.307. The molecule has 0 fully saturated rings. The van der Waals surface area contributed by atoms with Crippen molar-refractivity contribution in [2.24, 2.45) is 5.92 Å². The minimum Gasteiger partial charge on any atom is -0.468 e. The highest BCUT2D eigenvalue weighted by Crippen LogP contribution is 2.17. The molecule has 1 atom stereocenters. The third kappa shape index (κ3) is 3.14. The second-order valence-corrected chi connectivity index (χ2v) is 5.15. The van der Waals surface area contributed by atoms with Crippen LogP contribution >= 0.6 is 0 Å². The van der Waals surface area contributed by atoms with Gasteiger partial charge in [0.1, 0.15) is 6.04 Å². The van der Waals surface area contributed by atoms with E-state index in [1.165, 1.54) is 7.11 Å². The Kier molecular flexibility index (Phi) is 4.69. The van der Waals surface area contributed by atoms with Crippen LogP contribution in [0.4, 0.5) is 0 Å². The third-order valence-corrected chi connectivity index (χ3v) is 3.38. The van der Waals surface area contributed by atoms with Crippen LogP contribution in [0, 0.1) is 5.92 Å². The highest BCUT2D eigenvalue weighted by molar-refractivity contribution is 5.84. The molecule has 0 amide bonds. The van der Waals surface area contributed by atoms with Gasteiger partial charge in [0.2, 0.25) is 0 Å². The van der Waals surface area contributed by atoms with E-state index in [1.807, 2.05) is 44.4 Å². The summed E-state index contributed by atoms with van der Waals surface area (Å²) in [5.74, 6) is -0.0569. The summed E-state index contributed by atoms with van der Waals surface area (Å²) < 4.78 is 4.83. The van der Waals surface area contributed by atoms with Crippen molar-refractivity contribution in [3.05, 3.63) is 42.2 Å². The number of hydrogen-bond acceptors (Lipinski definition) is 4. The molecule has 106 valence electrons. The molecule has 4 nitrogen and oxygen atoms in total. The quantitative estimate of drug-likeness (QED) is 0.850. The predicted molar refractivity (Wildman–Crippen MR) is 79.2 cm³/mol. The lowest BCUT2D eigenvalue weighted by Crippen LogP contribution is -2.41. The Morgan fingerprint density at radius 3 is 2.75 bits per heavy atom. The highest BCUT2D eigenvalue weighted by atomic mass is 16.5. The molecule has 0 spiro atoms. The molecule has 0 saturated heterocycles. The first-order valence-electron chi connectivity index (χ1n) is 6.76. The van der Waals surface area contributed by atoms with Gasteiger partial charge >= 0.3 is 5.97 Å². The van der Waals surface area contributed by atoms with Gasteiger partial charge in [-0.25, -0.2) is 0 Å². The number of carbonyl (C=O) groups is 1. The molecule has 1 aromatic carbocycles. The lowest BCUT2D eigenvalue weighted by atomic mass is 10.0. The molecule has 0 bridgehead atoms. The number of pyridine rings is 1. The van der Waals surface area contributed by atoms with E-state index in [-0.39, 0.29) is 17.9 Å². The summed E-state index contributed by atoms with van der Waals surface area (Å²) in [5, 5.41) is 5.52. The van der Waals surface area contributed by atoms with Gasteiger partial charge in [-0.05, 0) is 16.9 Å². The van der Waals surface area contributed by atoms with Crippen LogP contribution < -0.4 is 5.32 Å².